The summed E-state index contributed by atoms with van der Waals surface area (Å²) in [6.07, 6.45) is 10.9. The van der Waals surface area contributed by atoms with E-state index in [1.54, 1.807) is 35.4 Å². The van der Waals surface area contributed by atoms with Gasteiger partial charge < -0.3 is 129 Å². The van der Waals surface area contributed by atoms with Crippen molar-refractivity contribution >= 4 is 65.9 Å². The van der Waals surface area contributed by atoms with Gasteiger partial charge in [-0.3, -0.25) is 37.1 Å². The fourth-order valence-electron chi connectivity index (χ4n) is 10.1. The Morgan fingerprint density at radius 2 is 1.06 bits per heavy atom. The summed E-state index contributed by atoms with van der Waals surface area (Å²) in [5.74, 6) is -0.810. The number of carbonyl (C=O) groups is 3. The summed E-state index contributed by atoms with van der Waals surface area (Å²) in [7, 11) is -6.56. The first-order valence-corrected chi connectivity index (χ1v) is 41.7. The molecule has 0 saturated heterocycles. The third-order valence-electron chi connectivity index (χ3n) is 15.9. The number of nitrogens with zero attached hydrogens (tertiary/aromatic N) is 2. The van der Waals surface area contributed by atoms with Crippen molar-refractivity contribution < 1.29 is 149 Å². The predicted octanol–water partition coefficient (Wildman–Crippen LogP) is 2.73. The maximum atomic E-state index is 11.8. The van der Waals surface area contributed by atoms with Crippen LogP contribution in [0.1, 0.15) is 104 Å². The molecule has 5 unspecified atom stereocenters. The number of allylic oxidation sites excluding steroid dienone is 4. The number of nitrogens with one attached hydrogen (secondary N) is 3. The second-order valence-electron chi connectivity index (χ2n) is 24.7. The highest BCUT2D eigenvalue weighted by Gasteiger charge is 2.44. The van der Waals surface area contributed by atoms with E-state index in [-0.39, 0.29) is 99.6 Å². The van der Waals surface area contributed by atoms with Crippen LogP contribution < -0.4 is 48.8 Å². The second-order valence-corrected chi connectivity index (χ2v) is 31.4. The third kappa shape index (κ3) is 45.1. The van der Waals surface area contributed by atoms with E-state index in [2.05, 4.69) is 132 Å². The molecule has 626 valence electrons. The molecule has 2 aromatic carbocycles. The highest BCUT2D eigenvalue weighted by atomic mass is 35.5. The molecule has 4 rings (SSSR count). The van der Waals surface area contributed by atoms with Crippen LogP contribution in [0.5, 0.6) is 0 Å². The number of hydrogen-bond acceptors (Lipinski definition) is 28. The van der Waals surface area contributed by atoms with Crippen LogP contribution in [-0.2, 0) is 118 Å². The zero-order valence-corrected chi connectivity index (χ0v) is 69.4. The third-order valence-corrected chi connectivity index (χ3v) is 20.1. The van der Waals surface area contributed by atoms with Gasteiger partial charge in [0.15, 0.2) is 12.3 Å². The molecule has 108 heavy (non-hydrogen) atoms. The quantitative estimate of drug-likeness (QED) is 0.0284. The standard InChI is InChI=1S/C31H41N2O5P.C16H33N2O8P.C15H33O9P.C7H17N2O6P.ClH/c1-30(2)24-14-7-9-16-26(24)32(20-12-22-36-5)28(30)18-11-19-29-31(3,4)25-15-8-10-17-27(25)33(29)21-13-23-38-39(34,35)37-6;1-23-10-6-4-8-15(19)17-12-14(26-27(21,22)25-3)13-18-16(20)9-5-7-11-24-2;1-3-25(16,17)24-15-14-23-13-12-22-11-10-21-9-8-20-7-6-19-5-4-18-2;1-14-16(12,13)15-5-6(4-10)9-7(11)2-3-8;/h7-11,14-19H,12-13,20-23H2,1-6H3;14H,4-13H2,1-3H3,(H,17,19)(H,18,20)(H,21,22);3-15H2,1-2H3,(H,16,17);6,10H,2-5,8H2,1H3,(H,9,11)(H,12,13);1H/p-2. The van der Waals surface area contributed by atoms with Gasteiger partial charge in [-0.1, -0.05) is 63.2 Å². The van der Waals surface area contributed by atoms with Crippen LogP contribution >= 0.6 is 31.1 Å². The number of phosphoric acid groups is 3. The summed E-state index contributed by atoms with van der Waals surface area (Å²) < 4.78 is 126. The topological polar surface area (TPSA) is 442 Å². The highest BCUT2D eigenvalue weighted by molar-refractivity contribution is 7.52. The van der Waals surface area contributed by atoms with Crippen LogP contribution in [0.4, 0.5) is 11.4 Å². The number of phosphoric ester groups is 3. The first-order valence-electron chi connectivity index (χ1n) is 35.5. The first-order chi connectivity index (χ1) is 51.0. The van der Waals surface area contributed by atoms with Crippen LogP contribution in [0.25, 0.3) is 0 Å². The number of hydrogen-bond donors (Lipinski definition) is 7. The lowest BCUT2D eigenvalue weighted by Crippen LogP contribution is -3.00. The molecular weight excluding hydrogens is 1520 g/mol. The Bertz CT molecular complexity index is 3060. The number of carbonyl (C=O) groups excluding carboxylic acids is 3. The van der Waals surface area contributed by atoms with E-state index >= 15 is 0 Å². The summed E-state index contributed by atoms with van der Waals surface area (Å²) in [5, 5.41) is 16.5. The summed E-state index contributed by atoms with van der Waals surface area (Å²) in [5.41, 5.74) is 12.2. The molecule has 2 heterocycles. The van der Waals surface area contributed by atoms with Crippen molar-refractivity contribution in [3.8, 4) is 0 Å². The normalized spacial score (nSPS) is 16.2. The molecule has 0 aliphatic carbocycles. The van der Waals surface area contributed by atoms with Gasteiger partial charge >= 0.3 is 15.4 Å². The molecule has 2 aliphatic heterocycles. The lowest BCUT2D eigenvalue weighted by Gasteiger charge is -2.27. The average Bonchev–Trinajstić information content (AvgIpc) is 1.60. The summed E-state index contributed by atoms with van der Waals surface area (Å²) in [6.45, 7) is 18.8. The largest absolute Gasteiger partial charge is 1.00 e. The van der Waals surface area contributed by atoms with Crippen LogP contribution in [0.2, 0.25) is 0 Å². The predicted molar refractivity (Wildman–Crippen MR) is 400 cm³/mol. The van der Waals surface area contributed by atoms with Crippen molar-refractivity contribution in [3.05, 3.63) is 83.6 Å². The average molecular weight is 1640 g/mol. The number of anilines is 1. The minimum atomic E-state index is -4.34. The van der Waals surface area contributed by atoms with E-state index < -0.39 is 49.8 Å². The number of halogens is 1. The molecule has 34 nitrogen and oxygen atoms in total. The fraction of sp³-hybridized carbons (Fsp3) is 0.710. The van der Waals surface area contributed by atoms with Crippen molar-refractivity contribution in [2.45, 2.75) is 115 Å². The summed E-state index contributed by atoms with van der Waals surface area (Å²) in [6, 6.07) is 16.2. The van der Waals surface area contributed by atoms with E-state index in [9.17, 15) is 52.2 Å². The number of fused-ring (bicyclic) bond motifs is 2. The van der Waals surface area contributed by atoms with Gasteiger partial charge in [-0.15, -0.1) is 0 Å². The van der Waals surface area contributed by atoms with Crippen LogP contribution in [0.3, 0.4) is 0 Å². The molecule has 0 saturated carbocycles. The van der Waals surface area contributed by atoms with Gasteiger partial charge in [0, 0.05) is 156 Å². The lowest BCUT2D eigenvalue weighted by atomic mass is 9.81. The number of rotatable bonds is 57. The zero-order valence-electron chi connectivity index (χ0n) is 65.0. The highest BCUT2D eigenvalue weighted by Crippen LogP contribution is 2.49. The van der Waals surface area contributed by atoms with Gasteiger partial charge in [0.2, 0.25) is 23.4 Å². The molecule has 5 atom stereocenters. The van der Waals surface area contributed by atoms with Crippen molar-refractivity contribution in [3.63, 3.8) is 0 Å². The maximum Gasteiger partial charge on any atom is 0.472 e. The first kappa shape index (κ1) is 104. The second kappa shape index (κ2) is 59.8. The molecule has 2 aromatic rings. The molecule has 2 aliphatic rings. The fourth-order valence-corrected chi connectivity index (χ4v) is 12.2. The Hall–Kier alpha value is -3.87. The van der Waals surface area contributed by atoms with Crippen LogP contribution in [0, 0.1) is 0 Å². The van der Waals surface area contributed by atoms with Gasteiger partial charge in [-0.25, -0.2) is 4.57 Å². The number of aliphatic hydroxyl groups excluding tert-OH is 1. The molecule has 3 amide bonds. The number of nitrogens with two attached hydrogens (primary N) is 1. The van der Waals surface area contributed by atoms with E-state index in [4.69, 9.17) is 67.0 Å². The van der Waals surface area contributed by atoms with Gasteiger partial charge in [0.1, 0.15) is 6.10 Å². The van der Waals surface area contributed by atoms with Gasteiger partial charge in [-0.2, -0.15) is 4.58 Å². The summed E-state index contributed by atoms with van der Waals surface area (Å²) in [4.78, 5) is 78.1. The van der Waals surface area contributed by atoms with E-state index in [1.165, 1.54) is 22.5 Å². The molecule has 0 radical (unpaired) electrons. The van der Waals surface area contributed by atoms with Crippen LogP contribution in [0.15, 0.2) is 72.5 Å². The van der Waals surface area contributed by atoms with Gasteiger partial charge in [0.25, 0.3) is 15.6 Å². The van der Waals surface area contributed by atoms with Crippen molar-refractivity contribution in [2.75, 3.05) is 212 Å². The number of amides is 3. The number of aliphatic hydroxyl groups is 1. The lowest BCUT2D eigenvalue weighted by molar-refractivity contribution is -0.438. The molecular formula is C69H123ClN6O28P4-2. The van der Waals surface area contributed by atoms with Crippen molar-refractivity contribution in [1.82, 2.24) is 16.0 Å². The zero-order chi connectivity index (χ0) is 80.1. The molecule has 39 heteroatoms. The summed E-state index contributed by atoms with van der Waals surface area (Å²) >= 11 is 0. The van der Waals surface area contributed by atoms with Crippen molar-refractivity contribution in [1.29, 1.82) is 0 Å². The molecule has 8 N–H and O–H groups in total. The number of ether oxygens (including phenoxy) is 9. The van der Waals surface area contributed by atoms with E-state index in [1.807, 2.05) is 6.07 Å². The Balaban J connectivity index is 0.00000148. The molecule has 0 spiro atoms. The maximum absolute atomic E-state index is 11.8. The minimum absolute atomic E-state index is 0. The van der Waals surface area contributed by atoms with Gasteiger partial charge in [-0.05, 0) is 63.7 Å². The van der Waals surface area contributed by atoms with E-state index in [0.717, 1.165) is 65.1 Å². The Kier molecular flexibility index (Phi) is 57.6. The number of methoxy groups -OCH3 is 4. The number of unbranched alkanes of at least 4 members (excludes halogenated alkanes) is 2. The molecule has 0 fully saturated rings. The monoisotopic (exact) mass is 1640 g/mol. The number of benzene rings is 2. The Morgan fingerprint density at radius 1 is 0.583 bits per heavy atom. The van der Waals surface area contributed by atoms with Crippen molar-refractivity contribution in [2.24, 2.45) is 5.73 Å². The molecule has 0 bridgehead atoms. The van der Waals surface area contributed by atoms with Gasteiger partial charge in [0.05, 0.1) is 117 Å². The van der Waals surface area contributed by atoms with E-state index in [0.29, 0.717) is 118 Å². The van der Waals surface area contributed by atoms with Crippen LogP contribution in [-0.4, -0.2) is 263 Å². The SMILES string of the molecule is CCP(=O)(O)OCCOCCOCCOCCOCCOCCOC.COCCCCC(=O)NCC(CNC(=O)CCCCOC)OP(=O)(O)OC.COCCC[N+]1=C(/C=C/C=C2/N(CCCOP(=O)([O-])OC)c3ccccc3C2(C)C)C(C)(C)c2ccccc21.COP(=O)([O-])OCC(CO)NC(=O)CCN.[Cl-]. The molecule has 0 aromatic heterocycles. The Morgan fingerprint density at radius 3 is 1.56 bits per heavy atom. The minimum Gasteiger partial charge on any atom is -1.00 e. The number of para-hydroxylation sites is 2. The Labute approximate surface area is 644 Å². The smallest absolute Gasteiger partial charge is 0.472 e.